The fourth-order valence-electron chi connectivity index (χ4n) is 5.17. The number of nitrogens with one attached hydrogen (secondary N) is 3. The molecule has 0 aromatic carbocycles. The number of nitrogens with two attached hydrogens (primary N) is 1. The van der Waals surface area contributed by atoms with Gasteiger partial charge < -0.3 is 26.6 Å². The topological polar surface area (TPSA) is 117 Å². The first-order chi connectivity index (χ1) is 15.6. The largest absolute Gasteiger partial charge is 0.401 e. The Kier molecular flexibility index (Phi) is 9.68. The van der Waals surface area contributed by atoms with Crippen LogP contribution in [-0.2, 0) is 14.4 Å². The smallest absolute Gasteiger partial charge is 0.243 e. The highest BCUT2D eigenvalue weighted by atomic mass is 16.2. The minimum atomic E-state index is -0.522. The number of fused-ring (bicyclic) bond motifs is 1. The number of nitrogens with zero attached hydrogens (tertiary/aromatic N) is 1. The first kappa shape index (κ1) is 24.4. The van der Waals surface area contributed by atoms with Crippen LogP contribution in [0.1, 0.15) is 83.5 Å². The molecule has 3 rings (SSSR count). The zero-order valence-corrected chi connectivity index (χ0v) is 19.4. The Hall–Kier alpha value is -2.25. The maximum Gasteiger partial charge on any atom is 0.243 e. The molecule has 2 fully saturated rings. The highest BCUT2D eigenvalue weighted by Crippen LogP contribution is 2.27. The fraction of sp³-hybridized carbons (Fsp3) is 0.792. The molecular weight excluding hydrogens is 406 g/mol. The molecule has 5 N–H and O–H groups in total. The van der Waals surface area contributed by atoms with Crippen molar-refractivity contribution < 1.29 is 14.4 Å². The van der Waals surface area contributed by atoms with Gasteiger partial charge in [0.2, 0.25) is 17.7 Å². The lowest BCUT2D eigenvalue weighted by molar-refractivity contribution is -0.140. The second-order valence-electron chi connectivity index (χ2n) is 9.51. The van der Waals surface area contributed by atoms with E-state index in [2.05, 4.69) is 16.0 Å². The van der Waals surface area contributed by atoms with E-state index in [0.29, 0.717) is 25.9 Å². The third kappa shape index (κ3) is 7.14. The van der Waals surface area contributed by atoms with Crippen LogP contribution in [0.15, 0.2) is 11.9 Å². The van der Waals surface area contributed by atoms with E-state index in [1.54, 1.807) is 4.90 Å². The summed E-state index contributed by atoms with van der Waals surface area (Å²) in [6.07, 6.45) is 13.4. The monoisotopic (exact) mass is 447 g/mol. The summed E-state index contributed by atoms with van der Waals surface area (Å²) in [4.78, 5) is 40.8. The van der Waals surface area contributed by atoms with Gasteiger partial charge in [-0.15, -0.1) is 0 Å². The quantitative estimate of drug-likeness (QED) is 0.490. The van der Waals surface area contributed by atoms with E-state index >= 15 is 0 Å². The summed E-state index contributed by atoms with van der Waals surface area (Å²) in [5, 5.41) is 9.29. The molecule has 180 valence electrons. The van der Waals surface area contributed by atoms with Gasteiger partial charge in [0.05, 0.1) is 0 Å². The van der Waals surface area contributed by atoms with E-state index < -0.39 is 12.1 Å². The molecule has 0 radical (unpaired) electrons. The van der Waals surface area contributed by atoms with Gasteiger partial charge in [0.1, 0.15) is 12.1 Å². The van der Waals surface area contributed by atoms with Crippen molar-refractivity contribution in [2.75, 3.05) is 19.6 Å². The average Bonchev–Trinajstić information content (AvgIpc) is 3.29. The molecule has 0 aromatic heterocycles. The molecule has 2 heterocycles. The van der Waals surface area contributed by atoms with Crippen molar-refractivity contribution in [3.05, 3.63) is 11.9 Å². The predicted molar refractivity (Wildman–Crippen MR) is 124 cm³/mol. The van der Waals surface area contributed by atoms with Gasteiger partial charge in [-0.2, -0.15) is 0 Å². The number of hydrogen-bond acceptors (Lipinski definition) is 5. The molecule has 8 heteroatoms. The number of carbonyl (C=O) groups excluding carboxylic acids is 3. The molecule has 2 atom stereocenters. The highest BCUT2D eigenvalue weighted by molar-refractivity contribution is 5.92. The molecule has 0 bridgehead atoms. The summed E-state index contributed by atoms with van der Waals surface area (Å²) < 4.78 is 0. The Morgan fingerprint density at radius 2 is 1.56 bits per heavy atom. The van der Waals surface area contributed by atoms with Crippen LogP contribution >= 0.6 is 0 Å². The van der Waals surface area contributed by atoms with Crippen LogP contribution in [0.5, 0.6) is 0 Å². The fourth-order valence-corrected chi connectivity index (χ4v) is 5.17. The van der Waals surface area contributed by atoms with E-state index in [0.717, 1.165) is 76.5 Å². The van der Waals surface area contributed by atoms with Crippen LogP contribution in [0.2, 0.25) is 0 Å². The van der Waals surface area contributed by atoms with Crippen LogP contribution in [0.3, 0.4) is 0 Å². The lowest BCUT2D eigenvalue weighted by Crippen LogP contribution is -2.56. The van der Waals surface area contributed by atoms with Crippen molar-refractivity contribution in [1.29, 1.82) is 0 Å². The van der Waals surface area contributed by atoms with Crippen LogP contribution in [-0.4, -0.2) is 54.3 Å². The van der Waals surface area contributed by atoms with Crippen molar-refractivity contribution in [3.8, 4) is 0 Å². The lowest BCUT2D eigenvalue weighted by Gasteiger charge is -2.32. The molecule has 32 heavy (non-hydrogen) atoms. The van der Waals surface area contributed by atoms with Crippen molar-refractivity contribution in [1.82, 2.24) is 20.9 Å². The SMILES string of the molecule is N/C1=C\NCCCNC(=O)C(C2CCCCC2)NC(=O)C2CCCN2C(=O)CCCCC1. The second-order valence-corrected chi connectivity index (χ2v) is 9.51. The van der Waals surface area contributed by atoms with Crippen LogP contribution < -0.4 is 21.7 Å². The Balaban J connectivity index is 1.70. The van der Waals surface area contributed by atoms with Crippen LogP contribution in [0, 0.1) is 5.92 Å². The third-order valence-electron chi connectivity index (χ3n) is 7.02. The van der Waals surface area contributed by atoms with Crippen LogP contribution in [0.25, 0.3) is 0 Å². The van der Waals surface area contributed by atoms with Gasteiger partial charge >= 0.3 is 0 Å². The summed E-state index contributed by atoms with van der Waals surface area (Å²) in [5.41, 5.74) is 6.86. The molecule has 1 saturated carbocycles. The minimum absolute atomic E-state index is 0.0458. The summed E-state index contributed by atoms with van der Waals surface area (Å²) in [6, 6.07) is -0.975. The zero-order valence-electron chi connectivity index (χ0n) is 19.4. The Morgan fingerprint density at radius 3 is 2.38 bits per heavy atom. The van der Waals surface area contributed by atoms with E-state index in [1.165, 1.54) is 6.42 Å². The van der Waals surface area contributed by atoms with E-state index in [1.807, 2.05) is 6.20 Å². The summed E-state index contributed by atoms with van der Waals surface area (Å²) >= 11 is 0. The number of amides is 3. The van der Waals surface area contributed by atoms with Gasteiger partial charge in [0.25, 0.3) is 0 Å². The van der Waals surface area contributed by atoms with Gasteiger partial charge in [0, 0.05) is 38.0 Å². The maximum atomic E-state index is 13.2. The summed E-state index contributed by atoms with van der Waals surface area (Å²) in [6.45, 7) is 1.90. The molecule has 3 aliphatic rings. The van der Waals surface area contributed by atoms with Gasteiger partial charge in [-0.25, -0.2) is 0 Å². The van der Waals surface area contributed by atoms with E-state index in [9.17, 15) is 14.4 Å². The molecule has 8 nitrogen and oxygen atoms in total. The van der Waals surface area contributed by atoms with Crippen LogP contribution in [0.4, 0.5) is 0 Å². The molecular formula is C24H41N5O3. The molecule has 3 amide bonds. The van der Waals surface area contributed by atoms with E-state index in [-0.39, 0.29) is 23.6 Å². The van der Waals surface area contributed by atoms with Gasteiger partial charge in [-0.05, 0) is 57.3 Å². The molecule has 2 aliphatic heterocycles. The minimum Gasteiger partial charge on any atom is -0.401 e. The third-order valence-corrected chi connectivity index (χ3v) is 7.02. The van der Waals surface area contributed by atoms with Crippen molar-refractivity contribution in [2.45, 2.75) is 95.6 Å². The first-order valence-corrected chi connectivity index (χ1v) is 12.6. The maximum absolute atomic E-state index is 13.2. The molecule has 1 aliphatic carbocycles. The number of hydrogen-bond donors (Lipinski definition) is 4. The van der Waals surface area contributed by atoms with Gasteiger partial charge in [0.15, 0.2) is 0 Å². The summed E-state index contributed by atoms with van der Waals surface area (Å²) in [5.74, 6) is -0.0649. The van der Waals surface area contributed by atoms with Gasteiger partial charge in [-0.3, -0.25) is 14.4 Å². The first-order valence-electron chi connectivity index (χ1n) is 12.6. The molecule has 2 unspecified atom stereocenters. The van der Waals surface area contributed by atoms with Crippen molar-refractivity contribution in [2.24, 2.45) is 11.7 Å². The second kappa shape index (κ2) is 12.7. The Morgan fingerprint density at radius 1 is 0.812 bits per heavy atom. The highest BCUT2D eigenvalue weighted by Gasteiger charge is 2.37. The van der Waals surface area contributed by atoms with Crippen molar-refractivity contribution >= 4 is 17.7 Å². The number of carbonyl (C=O) groups is 3. The van der Waals surface area contributed by atoms with Crippen molar-refractivity contribution in [3.63, 3.8) is 0 Å². The summed E-state index contributed by atoms with van der Waals surface area (Å²) in [7, 11) is 0. The normalized spacial score (nSPS) is 29.9. The number of rotatable bonds is 1. The molecule has 0 aromatic rings. The standard InChI is InChI=1S/C24H41N5O3/c25-19-11-5-2-6-13-21(30)29-16-7-12-20(29)23(31)28-22(18-9-3-1-4-10-18)24(32)27-15-8-14-26-17-19/h17-18,20,22,26H,1-16,25H2,(H,27,32)(H,28,31)/b19-17-. The number of allylic oxidation sites excluding steroid dienone is 1. The average molecular weight is 448 g/mol. The predicted octanol–water partition coefficient (Wildman–Crippen LogP) is 1.90. The Bertz CT molecular complexity index is 675. The Labute approximate surface area is 192 Å². The molecule has 1 saturated heterocycles. The van der Waals surface area contributed by atoms with E-state index in [4.69, 9.17) is 5.73 Å². The molecule has 0 spiro atoms. The van der Waals surface area contributed by atoms with Gasteiger partial charge in [-0.1, -0.05) is 25.7 Å². The lowest BCUT2D eigenvalue weighted by atomic mass is 9.83. The zero-order chi connectivity index (χ0) is 22.8.